The minimum atomic E-state index is -4.68. The molecule has 0 aliphatic rings. The second-order valence-corrected chi connectivity index (χ2v) is 13.7. The number of H-pyrrole nitrogens is 1. The molecule has 0 radical (unpaired) electrons. The van der Waals surface area contributed by atoms with Crippen molar-refractivity contribution >= 4 is 48.9 Å². The van der Waals surface area contributed by atoms with E-state index in [-0.39, 0.29) is 11.1 Å². The molecule has 7 N–H and O–H groups in total. The van der Waals surface area contributed by atoms with Crippen molar-refractivity contribution in [2.24, 2.45) is 0 Å². The van der Waals surface area contributed by atoms with E-state index in [0.717, 1.165) is 11.3 Å². The van der Waals surface area contributed by atoms with Crippen molar-refractivity contribution < 1.29 is 28.9 Å². The number of hydrogen-bond acceptors (Lipinski definition) is 9. The van der Waals surface area contributed by atoms with Gasteiger partial charge in [0.1, 0.15) is 11.7 Å². The van der Waals surface area contributed by atoms with Crippen molar-refractivity contribution in [3.8, 4) is 5.75 Å². The number of fused-ring (bicyclic) bond motifs is 1. The molecule has 3 heterocycles. The molecule has 214 valence electrons. The number of hydrogen-bond donors (Lipinski definition) is 7. The van der Waals surface area contributed by atoms with Gasteiger partial charge in [-0.05, 0) is 48.4 Å². The Kier molecular flexibility index (Phi) is 8.20. The number of phenols is 1. The number of aryl methyl sites for hydroxylation is 2. The number of imidazole rings is 2. The van der Waals surface area contributed by atoms with Crippen LogP contribution in [0.1, 0.15) is 11.3 Å². The predicted molar refractivity (Wildman–Crippen MR) is 154 cm³/mol. The Hall–Kier alpha value is -4.06. The molecule has 3 aromatic heterocycles. The molecule has 41 heavy (non-hydrogen) atoms. The van der Waals surface area contributed by atoms with Crippen LogP contribution in [-0.4, -0.2) is 61.7 Å². The Bertz CT molecular complexity index is 1740. The monoisotopic (exact) mass is 598 g/mol. The third-order valence-corrected chi connectivity index (χ3v) is 10.3. The Morgan fingerprint density at radius 2 is 1.80 bits per heavy atom. The second-order valence-electron chi connectivity index (χ2n) is 9.36. The van der Waals surface area contributed by atoms with Gasteiger partial charge < -0.3 is 40.0 Å². The standard InChI is InChI=1S/C25H28N8O6P2/c34-20-3-1-2-17(12-20)9-11-33-15-29-22-23(31-25(32-24(22)33)27-10-8-19-13-26-14-28-19)30-18-4-6-21(7-5-18)40(35,36)16-41(37,38)39/h1-7,12-15,34H,8-11,16H2,(H,26,28)(H,35,36)(H2,37,38,39)(H2,27,30,31,32). The maximum absolute atomic E-state index is 12.5. The largest absolute Gasteiger partial charge is 0.508 e. The molecule has 0 aliphatic carbocycles. The molecular weight excluding hydrogens is 570 g/mol. The molecule has 2 aromatic carbocycles. The predicted octanol–water partition coefficient (Wildman–Crippen LogP) is 2.93. The number of nitrogens with one attached hydrogen (secondary N) is 3. The summed E-state index contributed by atoms with van der Waals surface area (Å²) in [6.45, 7) is 1.08. The molecule has 14 nitrogen and oxygen atoms in total. The lowest BCUT2D eigenvalue weighted by Crippen LogP contribution is -2.11. The van der Waals surface area contributed by atoms with Crippen molar-refractivity contribution in [2.45, 2.75) is 19.4 Å². The number of nitrogens with zero attached hydrogens (tertiary/aromatic N) is 5. The quantitative estimate of drug-likeness (QED) is 0.103. The van der Waals surface area contributed by atoms with E-state index in [1.165, 1.54) is 24.3 Å². The normalized spacial score (nSPS) is 13.2. The van der Waals surface area contributed by atoms with Crippen molar-refractivity contribution in [3.63, 3.8) is 0 Å². The van der Waals surface area contributed by atoms with E-state index < -0.39 is 20.9 Å². The van der Waals surface area contributed by atoms with Crippen LogP contribution in [0.25, 0.3) is 11.2 Å². The van der Waals surface area contributed by atoms with Gasteiger partial charge in [-0.2, -0.15) is 9.97 Å². The number of aromatic amines is 1. The molecule has 0 spiro atoms. The lowest BCUT2D eigenvalue weighted by molar-refractivity contribution is 0.376. The van der Waals surface area contributed by atoms with E-state index in [9.17, 15) is 19.1 Å². The first-order chi connectivity index (χ1) is 19.6. The molecule has 5 rings (SSSR count). The molecular formula is C25H28N8O6P2. The average Bonchev–Trinajstić information content (AvgIpc) is 3.57. The van der Waals surface area contributed by atoms with Crippen molar-refractivity contribution in [1.29, 1.82) is 0 Å². The molecule has 1 unspecified atom stereocenters. The van der Waals surface area contributed by atoms with E-state index in [1.807, 2.05) is 10.6 Å². The Labute approximate surface area is 234 Å². The lowest BCUT2D eigenvalue weighted by Gasteiger charge is -2.14. The first-order valence-corrected chi connectivity index (χ1v) is 16.2. The van der Waals surface area contributed by atoms with Crippen LogP contribution in [0, 0.1) is 0 Å². The third kappa shape index (κ3) is 7.37. The van der Waals surface area contributed by atoms with Crippen LogP contribution in [0.15, 0.2) is 67.4 Å². The Morgan fingerprint density at radius 1 is 1.00 bits per heavy atom. The van der Waals surface area contributed by atoms with E-state index >= 15 is 0 Å². The molecule has 0 fully saturated rings. The Morgan fingerprint density at radius 3 is 2.51 bits per heavy atom. The van der Waals surface area contributed by atoms with Gasteiger partial charge in [0.25, 0.3) is 0 Å². The van der Waals surface area contributed by atoms with Gasteiger partial charge in [0, 0.05) is 42.4 Å². The van der Waals surface area contributed by atoms with Crippen LogP contribution >= 0.6 is 15.0 Å². The van der Waals surface area contributed by atoms with Crippen molar-refractivity contribution in [1.82, 2.24) is 29.5 Å². The molecule has 0 bridgehead atoms. The number of aromatic nitrogens is 6. The molecule has 0 saturated heterocycles. The number of aromatic hydroxyl groups is 1. The summed E-state index contributed by atoms with van der Waals surface area (Å²) < 4.78 is 25.6. The SMILES string of the molecule is O=P(O)(O)CP(=O)(O)c1ccc(Nc2nc(NCCc3cnc[nH]3)nc3c2ncn3CCc2cccc(O)c2)cc1. The molecule has 0 saturated carbocycles. The van der Waals surface area contributed by atoms with Gasteiger partial charge in [0.05, 0.1) is 12.7 Å². The van der Waals surface area contributed by atoms with E-state index in [2.05, 4.69) is 35.6 Å². The number of benzene rings is 2. The highest BCUT2D eigenvalue weighted by Gasteiger charge is 2.31. The molecule has 0 amide bonds. The van der Waals surface area contributed by atoms with Crippen LogP contribution < -0.4 is 15.9 Å². The zero-order valence-corrected chi connectivity index (χ0v) is 23.4. The fourth-order valence-electron chi connectivity index (χ4n) is 4.21. The first-order valence-electron chi connectivity index (χ1n) is 12.5. The number of anilines is 3. The summed E-state index contributed by atoms with van der Waals surface area (Å²) in [5.74, 6) is -0.185. The lowest BCUT2D eigenvalue weighted by atomic mass is 10.1. The summed E-state index contributed by atoms with van der Waals surface area (Å²) in [4.78, 5) is 49.3. The van der Waals surface area contributed by atoms with E-state index in [0.29, 0.717) is 54.5 Å². The number of rotatable bonds is 12. The van der Waals surface area contributed by atoms with Crippen LogP contribution in [0.5, 0.6) is 5.75 Å². The average molecular weight is 598 g/mol. The zero-order valence-electron chi connectivity index (χ0n) is 21.6. The zero-order chi connectivity index (χ0) is 29.0. The summed E-state index contributed by atoms with van der Waals surface area (Å²) in [7, 11) is -8.93. The van der Waals surface area contributed by atoms with Crippen LogP contribution in [0.4, 0.5) is 17.5 Å². The van der Waals surface area contributed by atoms with Gasteiger partial charge in [-0.3, -0.25) is 9.13 Å². The van der Waals surface area contributed by atoms with Crippen LogP contribution in [-0.2, 0) is 28.5 Å². The summed E-state index contributed by atoms with van der Waals surface area (Å²) in [5, 5.41) is 16.1. The van der Waals surface area contributed by atoms with Gasteiger partial charge in [-0.15, -0.1) is 0 Å². The third-order valence-electron chi connectivity index (χ3n) is 6.16. The summed E-state index contributed by atoms with van der Waals surface area (Å²) >= 11 is 0. The highest BCUT2D eigenvalue weighted by molar-refractivity contribution is 7.77. The molecule has 0 aliphatic heterocycles. The van der Waals surface area contributed by atoms with Gasteiger partial charge in [0.2, 0.25) is 13.3 Å². The van der Waals surface area contributed by atoms with Gasteiger partial charge >= 0.3 is 7.60 Å². The highest BCUT2D eigenvalue weighted by atomic mass is 31.2. The molecule has 1 atom stereocenters. The van der Waals surface area contributed by atoms with Gasteiger partial charge in [0.15, 0.2) is 17.0 Å². The number of phenolic OH excluding ortho intramolecular Hbond substituents is 1. The maximum Gasteiger partial charge on any atom is 0.335 e. The topological polar surface area (TPSA) is 211 Å². The first kappa shape index (κ1) is 28.5. The summed E-state index contributed by atoms with van der Waals surface area (Å²) in [6, 6.07) is 12.8. The molecule has 5 aromatic rings. The highest BCUT2D eigenvalue weighted by Crippen LogP contribution is 2.53. The summed E-state index contributed by atoms with van der Waals surface area (Å²) in [5.41, 5.74) is 3.50. The van der Waals surface area contributed by atoms with E-state index in [4.69, 9.17) is 9.79 Å². The minimum Gasteiger partial charge on any atom is -0.508 e. The van der Waals surface area contributed by atoms with Gasteiger partial charge in [-0.25, -0.2) is 9.97 Å². The van der Waals surface area contributed by atoms with Crippen molar-refractivity contribution in [2.75, 3.05) is 23.1 Å². The van der Waals surface area contributed by atoms with Crippen molar-refractivity contribution in [3.05, 3.63) is 78.6 Å². The van der Waals surface area contributed by atoms with Crippen LogP contribution in [0.2, 0.25) is 0 Å². The second kappa shape index (κ2) is 11.8. The smallest absolute Gasteiger partial charge is 0.335 e. The maximum atomic E-state index is 12.5. The fourth-order valence-corrected chi connectivity index (χ4v) is 7.48. The minimum absolute atomic E-state index is 0.0726. The molecule has 16 heteroatoms. The van der Waals surface area contributed by atoms with Crippen LogP contribution in [0.3, 0.4) is 0 Å². The van der Waals surface area contributed by atoms with E-state index in [1.54, 1.807) is 37.1 Å². The fraction of sp³-hybridized carbons (Fsp3) is 0.200. The Balaban J connectivity index is 1.41. The van der Waals surface area contributed by atoms with Gasteiger partial charge in [-0.1, -0.05) is 12.1 Å². The summed E-state index contributed by atoms with van der Waals surface area (Å²) in [6.07, 6.45) is 6.31.